The third-order valence-electron chi connectivity index (χ3n) is 2.02. The highest BCUT2D eigenvalue weighted by Crippen LogP contribution is 2.11. The van der Waals surface area contributed by atoms with Gasteiger partial charge in [-0.2, -0.15) is 15.0 Å². The molecule has 0 amide bonds. The van der Waals surface area contributed by atoms with E-state index < -0.39 is 0 Å². The van der Waals surface area contributed by atoms with Crippen molar-refractivity contribution in [2.75, 3.05) is 24.3 Å². The van der Waals surface area contributed by atoms with Gasteiger partial charge < -0.3 is 19.9 Å². The van der Waals surface area contributed by atoms with Crippen LogP contribution in [0.1, 0.15) is 12.7 Å². The Morgan fingerprint density at radius 2 is 2.11 bits per heavy atom. The third kappa shape index (κ3) is 3.06. The van der Waals surface area contributed by atoms with Gasteiger partial charge in [-0.1, -0.05) is 5.16 Å². The summed E-state index contributed by atoms with van der Waals surface area (Å²) in [6, 6.07) is 2.04. The van der Waals surface area contributed by atoms with Crippen LogP contribution >= 0.6 is 0 Å². The quantitative estimate of drug-likeness (QED) is 0.780. The lowest BCUT2D eigenvalue weighted by atomic mass is 10.4. The van der Waals surface area contributed by atoms with Crippen LogP contribution in [0.15, 0.2) is 16.8 Å². The lowest BCUT2D eigenvalue weighted by Crippen LogP contribution is -2.09. The molecule has 2 aromatic rings. The molecule has 0 radical (unpaired) electrons. The molecule has 18 heavy (non-hydrogen) atoms. The topological polar surface area (TPSA) is 98.0 Å². The van der Waals surface area contributed by atoms with Crippen LogP contribution in [-0.2, 0) is 6.54 Å². The molecule has 0 saturated heterocycles. The van der Waals surface area contributed by atoms with E-state index in [0.717, 1.165) is 0 Å². The van der Waals surface area contributed by atoms with Gasteiger partial charge in [0.05, 0.1) is 19.3 Å². The molecule has 8 heteroatoms. The van der Waals surface area contributed by atoms with Crippen molar-refractivity contribution >= 4 is 11.9 Å². The van der Waals surface area contributed by atoms with E-state index in [-0.39, 0.29) is 6.01 Å². The largest absolute Gasteiger partial charge is 0.464 e. The Balaban J connectivity index is 2.08. The molecule has 0 unspecified atom stereocenters. The average molecular weight is 250 g/mol. The molecule has 0 bridgehead atoms. The van der Waals surface area contributed by atoms with E-state index in [1.54, 1.807) is 19.3 Å². The molecule has 2 aromatic heterocycles. The summed E-state index contributed by atoms with van der Waals surface area (Å²) in [5.74, 6) is 1.54. The molecule has 2 N–H and O–H groups in total. The zero-order valence-corrected chi connectivity index (χ0v) is 10.2. The summed E-state index contributed by atoms with van der Waals surface area (Å²) in [7, 11) is 1.73. The second kappa shape index (κ2) is 5.80. The number of ether oxygens (including phenoxy) is 1. The van der Waals surface area contributed by atoms with Crippen LogP contribution in [0.2, 0.25) is 0 Å². The van der Waals surface area contributed by atoms with Crippen molar-refractivity contribution in [2.45, 2.75) is 13.5 Å². The highest BCUT2D eigenvalue weighted by Gasteiger charge is 2.06. The van der Waals surface area contributed by atoms with Crippen LogP contribution < -0.4 is 15.4 Å². The number of rotatable bonds is 6. The third-order valence-corrected chi connectivity index (χ3v) is 2.02. The van der Waals surface area contributed by atoms with E-state index >= 15 is 0 Å². The van der Waals surface area contributed by atoms with Crippen molar-refractivity contribution in [3.63, 3.8) is 0 Å². The SMILES string of the molecule is CCOc1nc(NC)nc(NCc2ccno2)n1. The number of nitrogens with one attached hydrogen (secondary N) is 2. The van der Waals surface area contributed by atoms with E-state index in [2.05, 4.69) is 30.7 Å². The Bertz CT molecular complexity index is 487. The van der Waals surface area contributed by atoms with E-state index in [4.69, 9.17) is 9.26 Å². The fourth-order valence-electron chi connectivity index (χ4n) is 1.24. The summed E-state index contributed by atoms with van der Waals surface area (Å²) in [5.41, 5.74) is 0. The normalized spacial score (nSPS) is 10.1. The molecule has 2 rings (SSSR count). The molecule has 0 aliphatic heterocycles. The summed E-state index contributed by atoms with van der Waals surface area (Å²) in [4.78, 5) is 12.3. The Morgan fingerprint density at radius 3 is 2.78 bits per heavy atom. The lowest BCUT2D eigenvalue weighted by molar-refractivity contribution is 0.312. The van der Waals surface area contributed by atoms with Crippen LogP contribution in [0.3, 0.4) is 0 Å². The first-order valence-corrected chi connectivity index (χ1v) is 5.52. The molecule has 2 heterocycles. The van der Waals surface area contributed by atoms with Crippen molar-refractivity contribution in [3.05, 3.63) is 18.0 Å². The second-order valence-corrected chi connectivity index (χ2v) is 3.28. The highest BCUT2D eigenvalue weighted by molar-refractivity contribution is 5.35. The fourth-order valence-corrected chi connectivity index (χ4v) is 1.24. The monoisotopic (exact) mass is 250 g/mol. The summed E-state index contributed by atoms with van der Waals surface area (Å²) < 4.78 is 10.2. The highest BCUT2D eigenvalue weighted by atomic mass is 16.5. The molecule has 96 valence electrons. The summed E-state index contributed by atoms with van der Waals surface area (Å²) >= 11 is 0. The number of nitrogens with zero attached hydrogens (tertiary/aromatic N) is 4. The first-order chi connectivity index (χ1) is 8.81. The molecule has 8 nitrogen and oxygen atoms in total. The molecule has 0 saturated carbocycles. The van der Waals surface area contributed by atoms with Crippen LogP contribution in [-0.4, -0.2) is 33.8 Å². The lowest BCUT2D eigenvalue weighted by Gasteiger charge is -2.07. The van der Waals surface area contributed by atoms with Gasteiger partial charge in [0.2, 0.25) is 11.9 Å². The predicted octanol–water partition coefficient (Wildman–Crippen LogP) is 0.912. The van der Waals surface area contributed by atoms with Gasteiger partial charge in [-0.3, -0.25) is 0 Å². The Morgan fingerprint density at radius 1 is 1.28 bits per heavy atom. The van der Waals surface area contributed by atoms with Crippen LogP contribution in [0.5, 0.6) is 6.01 Å². The molecule has 0 aromatic carbocycles. The van der Waals surface area contributed by atoms with Crippen molar-refractivity contribution in [3.8, 4) is 6.01 Å². The summed E-state index contributed by atoms with van der Waals surface area (Å²) in [5, 5.41) is 9.46. The first kappa shape index (κ1) is 12.1. The van der Waals surface area contributed by atoms with Gasteiger partial charge in [0.1, 0.15) is 0 Å². The van der Waals surface area contributed by atoms with Crippen molar-refractivity contribution in [1.82, 2.24) is 20.1 Å². The minimum absolute atomic E-state index is 0.275. The van der Waals surface area contributed by atoms with E-state index in [1.807, 2.05) is 6.92 Å². The first-order valence-electron chi connectivity index (χ1n) is 5.52. The maximum atomic E-state index is 5.25. The van der Waals surface area contributed by atoms with Crippen LogP contribution in [0.25, 0.3) is 0 Å². The maximum absolute atomic E-state index is 5.25. The average Bonchev–Trinajstić information content (AvgIpc) is 2.89. The molecule has 0 spiro atoms. The number of hydrogen-bond acceptors (Lipinski definition) is 8. The number of aromatic nitrogens is 4. The molecule has 0 fully saturated rings. The maximum Gasteiger partial charge on any atom is 0.323 e. The predicted molar refractivity (Wildman–Crippen MR) is 64.4 cm³/mol. The fraction of sp³-hybridized carbons (Fsp3) is 0.400. The standard InChI is InChI=1S/C10H14N6O2/c1-3-17-10-15-8(11-2)14-9(16-10)12-6-7-4-5-13-18-7/h4-5H,3,6H2,1-2H3,(H2,11,12,14,15,16). The van der Waals surface area contributed by atoms with Crippen LogP contribution in [0.4, 0.5) is 11.9 Å². The molecular weight excluding hydrogens is 236 g/mol. The minimum atomic E-state index is 0.275. The number of hydrogen-bond donors (Lipinski definition) is 2. The van der Waals surface area contributed by atoms with Gasteiger partial charge in [-0.05, 0) is 6.92 Å². The van der Waals surface area contributed by atoms with Gasteiger partial charge in [0.15, 0.2) is 5.76 Å². The van der Waals surface area contributed by atoms with Crippen molar-refractivity contribution in [1.29, 1.82) is 0 Å². The van der Waals surface area contributed by atoms with E-state index in [9.17, 15) is 0 Å². The van der Waals surface area contributed by atoms with Crippen molar-refractivity contribution < 1.29 is 9.26 Å². The van der Waals surface area contributed by atoms with E-state index in [1.165, 1.54) is 0 Å². The summed E-state index contributed by atoms with van der Waals surface area (Å²) in [6.07, 6.45) is 1.58. The van der Waals surface area contributed by atoms with Gasteiger partial charge in [0, 0.05) is 13.1 Å². The van der Waals surface area contributed by atoms with Gasteiger partial charge >= 0.3 is 6.01 Å². The minimum Gasteiger partial charge on any atom is -0.464 e. The Hall–Kier alpha value is -2.38. The molecule has 0 atom stereocenters. The Labute approximate surface area is 104 Å². The summed E-state index contributed by atoms with van der Waals surface area (Å²) in [6.45, 7) is 2.80. The van der Waals surface area contributed by atoms with Crippen molar-refractivity contribution in [2.24, 2.45) is 0 Å². The molecule has 0 aliphatic rings. The van der Waals surface area contributed by atoms with E-state index in [0.29, 0.717) is 30.8 Å². The molecule has 0 aliphatic carbocycles. The smallest absolute Gasteiger partial charge is 0.323 e. The van der Waals surface area contributed by atoms with Crippen LogP contribution in [0, 0.1) is 0 Å². The Kier molecular flexibility index (Phi) is 3.90. The second-order valence-electron chi connectivity index (χ2n) is 3.28. The molecular formula is C10H14N6O2. The zero-order chi connectivity index (χ0) is 12.8. The zero-order valence-electron chi connectivity index (χ0n) is 10.2. The van der Waals surface area contributed by atoms with Gasteiger partial charge in [-0.15, -0.1) is 0 Å². The number of anilines is 2. The van der Waals surface area contributed by atoms with Gasteiger partial charge in [0.25, 0.3) is 0 Å². The van der Waals surface area contributed by atoms with Gasteiger partial charge in [-0.25, -0.2) is 0 Å².